The Morgan fingerprint density at radius 3 is 2.67 bits per heavy atom. The van der Waals surface area contributed by atoms with Crippen LogP contribution in [0.25, 0.3) is 5.57 Å². The van der Waals surface area contributed by atoms with E-state index in [9.17, 15) is 10.2 Å². The highest BCUT2D eigenvalue weighted by molar-refractivity contribution is 6.30. The van der Waals surface area contributed by atoms with Crippen molar-refractivity contribution in [1.82, 2.24) is 19.8 Å². The van der Waals surface area contributed by atoms with Gasteiger partial charge in [0.05, 0.1) is 37.9 Å². The summed E-state index contributed by atoms with van der Waals surface area (Å²) in [5.74, 6) is -0.869. The van der Waals surface area contributed by atoms with Crippen molar-refractivity contribution in [2.24, 2.45) is 13.0 Å². The highest BCUT2D eigenvalue weighted by atomic mass is 35.5. The molecular formula is C31H45ClN4O4. The highest BCUT2D eigenvalue weighted by Gasteiger charge is 2.40. The van der Waals surface area contributed by atoms with Crippen molar-refractivity contribution < 1.29 is 19.7 Å². The van der Waals surface area contributed by atoms with Gasteiger partial charge in [0.15, 0.2) is 5.79 Å². The van der Waals surface area contributed by atoms with Gasteiger partial charge in [-0.05, 0) is 55.5 Å². The minimum Gasteiger partial charge on any atom is -0.395 e. The number of hydrogen-bond donors (Lipinski definition) is 3. The molecule has 2 aromatic rings. The van der Waals surface area contributed by atoms with Crippen LogP contribution in [0.4, 0.5) is 0 Å². The number of nitrogens with one attached hydrogen (secondary N) is 1. The molecule has 0 bridgehead atoms. The van der Waals surface area contributed by atoms with Crippen molar-refractivity contribution in [2.75, 3.05) is 46.0 Å². The van der Waals surface area contributed by atoms with Crippen molar-refractivity contribution >= 4 is 17.2 Å². The summed E-state index contributed by atoms with van der Waals surface area (Å²) in [7, 11) is 1.85. The van der Waals surface area contributed by atoms with Gasteiger partial charge in [0.25, 0.3) is 0 Å². The van der Waals surface area contributed by atoms with Gasteiger partial charge in [-0.3, -0.25) is 0 Å². The maximum atomic E-state index is 9.87. The number of aliphatic hydroxyl groups is 2. The monoisotopic (exact) mass is 572 g/mol. The molecule has 4 rings (SSSR count). The SMILES string of the molecule is Cc1ccccc1C1=CC=CC(OCCCNC(CO)Cc2ncn(C)c2Cl)(OCCCN2CC[C@@H](O)C2)C1C. The van der Waals surface area contributed by atoms with Crippen molar-refractivity contribution in [2.45, 2.75) is 57.5 Å². The lowest BCUT2D eigenvalue weighted by Gasteiger charge is -2.40. The van der Waals surface area contributed by atoms with Crippen LogP contribution >= 0.6 is 11.6 Å². The minimum absolute atomic E-state index is 0.000786. The lowest BCUT2D eigenvalue weighted by atomic mass is 9.82. The molecule has 1 aliphatic heterocycles. The number of nitrogens with zero attached hydrogens (tertiary/aromatic N) is 3. The van der Waals surface area contributed by atoms with E-state index >= 15 is 0 Å². The maximum Gasteiger partial charge on any atom is 0.194 e. The number of β-amino-alcohol motifs (C(OH)–C–C–N with tert-alkyl or cyclic N) is 1. The van der Waals surface area contributed by atoms with Gasteiger partial charge in [-0.25, -0.2) is 4.98 Å². The van der Waals surface area contributed by atoms with E-state index in [1.54, 1.807) is 10.9 Å². The molecule has 2 aliphatic rings. The van der Waals surface area contributed by atoms with Gasteiger partial charge in [-0.15, -0.1) is 0 Å². The number of likely N-dealkylation sites (tertiary alicyclic amines) is 1. The van der Waals surface area contributed by atoms with Crippen LogP contribution in [0.5, 0.6) is 0 Å². The number of hydrogen-bond acceptors (Lipinski definition) is 7. The molecule has 40 heavy (non-hydrogen) atoms. The highest BCUT2D eigenvalue weighted by Crippen LogP contribution is 2.40. The second-order valence-electron chi connectivity index (χ2n) is 11.0. The zero-order chi connectivity index (χ0) is 28.5. The van der Waals surface area contributed by atoms with E-state index in [-0.39, 0.29) is 24.7 Å². The number of imidazole rings is 1. The van der Waals surface area contributed by atoms with Gasteiger partial charge in [0.1, 0.15) is 5.15 Å². The third-order valence-electron chi connectivity index (χ3n) is 8.00. The molecule has 4 atom stereocenters. The van der Waals surface area contributed by atoms with Crippen LogP contribution in [0.2, 0.25) is 5.15 Å². The number of aromatic nitrogens is 2. The first kappa shape index (κ1) is 30.9. The molecule has 1 aromatic carbocycles. The molecule has 0 saturated carbocycles. The third-order valence-corrected chi connectivity index (χ3v) is 8.49. The van der Waals surface area contributed by atoms with Crippen LogP contribution in [-0.4, -0.2) is 88.6 Å². The van der Waals surface area contributed by atoms with Crippen LogP contribution in [0.15, 0.2) is 48.8 Å². The van der Waals surface area contributed by atoms with E-state index in [1.807, 2.05) is 13.1 Å². The average Bonchev–Trinajstić information content (AvgIpc) is 3.51. The van der Waals surface area contributed by atoms with Crippen molar-refractivity contribution in [3.8, 4) is 0 Å². The summed E-state index contributed by atoms with van der Waals surface area (Å²) < 4.78 is 14.9. The molecule has 0 radical (unpaired) electrons. The Labute approximate surface area is 243 Å². The van der Waals surface area contributed by atoms with E-state index in [2.05, 4.69) is 65.5 Å². The molecule has 1 fully saturated rings. The van der Waals surface area contributed by atoms with Gasteiger partial charge in [-0.1, -0.05) is 54.9 Å². The molecule has 1 aliphatic carbocycles. The predicted octanol–water partition coefficient (Wildman–Crippen LogP) is 3.74. The standard InChI is InChI=1S/C31H45ClN4O4/c1-23-9-4-5-10-27(23)28-11-6-13-31(24(28)2,40-18-8-15-36-16-12-26(38)20-36)39-17-7-14-33-25(21-37)19-29-30(32)35(3)22-34-29/h4-6,9-11,13,22,24-26,33,37-38H,7-8,12,14-21H2,1-3H3/t24?,25?,26-,31?/m1/s1. The first-order valence-electron chi connectivity index (χ1n) is 14.5. The van der Waals surface area contributed by atoms with Crippen LogP contribution in [0.1, 0.15) is 43.0 Å². The first-order valence-corrected chi connectivity index (χ1v) is 14.8. The molecule has 220 valence electrons. The molecule has 3 N–H and O–H groups in total. The van der Waals surface area contributed by atoms with Crippen LogP contribution < -0.4 is 5.32 Å². The number of halogens is 1. The Morgan fingerprint density at radius 1 is 1.23 bits per heavy atom. The maximum absolute atomic E-state index is 9.87. The number of benzene rings is 1. The van der Waals surface area contributed by atoms with Crippen molar-refractivity contribution in [3.63, 3.8) is 0 Å². The molecule has 1 aromatic heterocycles. The zero-order valence-electron chi connectivity index (χ0n) is 24.1. The number of rotatable bonds is 15. The van der Waals surface area contributed by atoms with E-state index in [4.69, 9.17) is 21.1 Å². The lowest BCUT2D eigenvalue weighted by Crippen LogP contribution is -2.44. The Hall–Kier alpha value is -2.04. The number of aliphatic hydroxyl groups excluding tert-OH is 2. The zero-order valence-corrected chi connectivity index (χ0v) is 24.8. The van der Waals surface area contributed by atoms with Crippen LogP contribution in [0.3, 0.4) is 0 Å². The fourth-order valence-electron chi connectivity index (χ4n) is 5.58. The second-order valence-corrected chi connectivity index (χ2v) is 11.4. The van der Waals surface area contributed by atoms with Gasteiger partial charge >= 0.3 is 0 Å². The van der Waals surface area contributed by atoms with Gasteiger partial charge in [0.2, 0.25) is 0 Å². The van der Waals surface area contributed by atoms with Gasteiger partial charge in [-0.2, -0.15) is 0 Å². The van der Waals surface area contributed by atoms with Gasteiger partial charge in [0, 0.05) is 45.1 Å². The van der Waals surface area contributed by atoms with Gasteiger partial charge < -0.3 is 34.5 Å². The van der Waals surface area contributed by atoms with E-state index in [0.29, 0.717) is 31.3 Å². The molecule has 0 amide bonds. The smallest absolute Gasteiger partial charge is 0.194 e. The normalized spacial score (nSPS) is 24.0. The summed E-state index contributed by atoms with van der Waals surface area (Å²) in [6, 6.07) is 8.30. The second kappa shape index (κ2) is 14.7. The topological polar surface area (TPSA) is 92.0 Å². The Morgan fingerprint density at radius 2 is 2.00 bits per heavy atom. The number of allylic oxidation sites excluding steroid dienone is 2. The number of aryl methyl sites for hydroxylation is 2. The minimum atomic E-state index is -0.866. The van der Waals surface area contributed by atoms with Crippen LogP contribution in [0, 0.1) is 12.8 Å². The fraction of sp³-hybridized carbons (Fsp3) is 0.581. The Bertz CT molecular complexity index is 1150. The summed E-state index contributed by atoms with van der Waals surface area (Å²) in [6.45, 7) is 8.65. The molecular weight excluding hydrogens is 528 g/mol. The molecule has 0 spiro atoms. The molecule has 2 heterocycles. The molecule has 9 heteroatoms. The van der Waals surface area contributed by atoms with Crippen LogP contribution in [-0.2, 0) is 22.9 Å². The summed E-state index contributed by atoms with van der Waals surface area (Å²) in [4.78, 5) is 6.63. The van der Waals surface area contributed by atoms with Crippen molar-refractivity contribution in [3.05, 3.63) is 70.8 Å². The van der Waals surface area contributed by atoms with Crippen molar-refractivity contribution in [1.29, 1.82) is 0 Å². The van der Waals surface area contributed by atoms with E-state index < -0.39 is 5.79 Å². The quantitative estimate of drug-likeness (QED) is 0.221. The summed E-state index contributed by atoms with van der Waals surface area (Å²) in [5.41, 5.74) is 4.42. The molecule has 3 unspecified atom stereocenters. The van der Waals surface area contributed by atoms with E-state index in [0.717, 1.165) is 44.6 Å². The first-order chi connectivity index (χ1) is 19.3. The molecule has 8 nitrogen and oxygen atoms in total. The largest absolute Gasteiger partial charge is 0.395 e. The lowest BCUT2D eigenvalue weighted by molar-refractivity contribution is -0.223. The summed E-state index contributed by atoms with van der Waals surface area (Å²) in [5, 5.41) is 23.7. The predicted molar refractivity (Wildman–Crippen MR) is 159 cm³/mol. The van der Waals surface area contributed by atoms with E-state index in [1.165, 1.54) is 16.7 Å². The summed E-state index contributed by atoms with van der Waals surface area (Å²) in [6.07, 6.45) is 10.8. The Balaban J connectivity index is 1.34. The number of ether oxygens (including phenoxy) is 2. The Kier molecular flexibility index (Phi) is 11.4. The molecule has 1 saturated heterocycles. The summed E-state index contributed by atoms with van der Waals surface area (Å²) >= 11 is 6.30. The average molecular weight is 573 g/mol. The fourth-order valence-corrected chi connectivity index (χ4v) is 5.75. The third kappa shape index (κ3) is 7.82.